The van der Waals surface area contributed by atoms with Crippen LogP contribution in [0.2, 0.25) is 0 Å². The molecule has 0 aliphatic carbocycles. The Kier molecular flexibility index (Phi) is 3.32. The topological polar surface area (TPSA) is 58.3 Å². The van der Waals surface area contributed by atoms with Gasteiger partial charge in [0.2, 0.25) is 0 Å². The van der Waals surface area contributed by atoms with Gasteiger partial charge in [-0.1, -0.05) is 0 Å². The standard InChI is InChI=1S/C13H21N5/c14-11-4-3-7-18(9-11)13-8-12(15-10-16-13)17-5-1-2-6-17/h8,10-11H,1-7,9,14H2/t11-/m1/s1. The van der Waals surface area contributed by atoms with Gasteiger partial charge in [-0.15, -0.1) is 0 Å². The van der Waals surface area contributed by atoms with E-state index in [9.17, 15) is 0 Å². The summed E-state index contributed by atoms with van der Waals surface area (Å²) < 4.78 is 0. The zero-order valence-corrected chi connectivity index (χ0v) is 10.8. The maximum Gasteiger partial charge on any atom is 0.134 e. The average molecular weight is 247 g/mol. The molecule has 2 N–H and O–H groups in total. The SMILES string of the molecule is N[C@@H]1CCCN(c2cc(N3CCCC3)ncn2)C1. The highest BCUT2D eigenvalue weighted by atomic mass is 15.2. The lowest BCUT2D eigenvalue weighted by atomic mass is 10.1. The quantitative estimate of drug-likeness (QED) is 0.845. The Labute approximate surface area is 108 Å². The Bertz CT molecular complexity index is 402. The minimum Gasteiger partial charge on any atom is -0.356 e. The van der Waals surface area contributed by atoms with Crippen LogP contribution in [-0.2, 0) is 0 Å². The molecule has 2 fully saturated rings. The van der Waals surface area contributed by atoms with E-state index in [0.717, 1.165) is 50.7 Å². The Balaban J connectivity index is 1.77. The maximum absolute atomic E-state index is 6.03. The fourth-order valence-corrected chi connectivity index (χ4v) is 2.85. The average Bonchev–Trinajstić information content (AvgIpc) is 2.93. The molecule has 18 heavy (non-hydrogen) atoms. The number of nitrogens with zero attached hydrogens (tertiary/aromatic N) is 4. The molecule has 98 valence electrons. The first-order chi connectivity index (χ1) is 8.83. The predicted molar refractivity (Wildman–Crippen MR) is 72.9 cm³/mol. The predicted octanol–water partition coefficient (Wildman–Crippen LogP) is 1.00. The van der Waals surface area contributed by atoms with E-state index >= 15 is 0 Å². The molecule has 0 spiro atoms. The van der Waals surface area contributed by atoms with Crippen LogP contribution in [0.1, 0.15) is 25.7 Å². The molecule has 0 aromatic carbocycles. The molecule has 0 bridgehead atoms. The fraction of sp³-hybridized carbons (Fsp3) is 0.692. The first kappa shape index (κ1) is 11.7. The van der Waals surface area contributed by atoms with Gasteiger partial charge in [0.1, 0.15) is 18.0 Å². The molecule has 5 nitrogen and oxygen atoms in total. The highest BCUT2D eigenvalue weighted by Gasteiger charge is 2.20. The molecule has 0 radical (unpaired) electrons. The smallest absolute Gasteiger partial charge is 0.134 e. The molecule has 2 saturated heterocycles. The van der Waals surface area contributed by atoms with Gasteiger partial charge in [-0.2, -0.15) is 0 Å². The Morgan fingerprint density at radius 2 is 1.67 bits per heavy atom. The molecule has 1 aromatic heterocycles. The summed E-state index contributed by atoms with van der Waals surface area (Å²) in [5.41, 5.74) is 6.03. The van der Waals surface area contributed by atoms with Gasteiger partial charge < -0.3 is 15.5 Å². The van der Waals surface area contributed by atoms with E-state index in [4.69, 9.17) is 5.73 Å². The maximum atomic E-state index is 6.03. The van der Waals surface area contributed by atoms with Crippen LogP contribution >= 0.6 is 0 Å². The molecule has 2 aliphatic rings. The third-order valence-corrected chi connectivity index (χ3v) is 3.85. The van der Waals surface area contributed by atoms with Crippen LogP contribution in [-0.4, -0.2) is 42.2 Å². The Morgan fingerprint density at radius 3 is 2.39 bits per heavy atom. The van der Waals surface area contributed by atoms with E-state index in [2.05, 4.69) is 25.8 Å². The summed E-state index contributed by atoms with van der Waals surface area (Å²) >= 11 is 0. The van der Waals surface area contributed by atoms with E-state index in [1.807, 2.05) is 0 Å². The van der Waals surface area contributed by atoms with Gasteiger partial charge >= 0.3 is 0 Å². The Morgan fingerprint density at radius 1 is 1.00 bits per heavy atom. The van der Waals surface area contributed by atoms with Gasteiger partial charge in [-0.05, 0) is 25.7 Å². The fourth-order valence-electron chi connectivity index (χ4n) is 2.85. The summed E-state index contributed by atoms with van der Waals surface area (Å²) in [7, 11) is 0. The van der Waals surface area contributed by atoms with Gasteiger partial charge in [-0.25, -0.2) is 9.97 Å². The van der Waals surface area contributed by atoms with Gasteiger partial charge in [0.05, 0.1) is 0 Å². The summed E-state index contributed by atoms with van der Waals surface area (Å²) in [5.74, 6) is 2.10. The van der Waals surface area contributed by atoms with E-state index in [-0.39, 0.29) is 6.04 Å². The number of anilines is 2. The summed E-state index contributed by atoms with van der Waals surface area (Å²) in [6, 6.07) is 2.40. The van der Waals surface area contributed by atoms with Crippen molar-refractivity contribution in [2.75, 3.05) is 36.0 Å². The van der Waals surface area contributed by atoms with E-state index in [0.29, 0.717) is 0 Å². The van der Waals surface area contributed by atoms with Crippen LogP contribution in [0.5, 0.6) is 0 Å². The lowest BCUT2D eigenvalue weighted by molar-refractivity contribution is 0.503. The molecule has 0 unspecified atom stereocenters. The normalized spacial score (nSPS) is 24.6. The second-order valence-electron chi connectivity index (χ2n) is 5.28. The second-order valence-corrected chi connectivity index (χ2v) is 5.28. The van der Waals surface area contributed by atoms with Crippen LogP contribution in [0.4, 0.5) is 11.6 Å². The van der Waals surface area contributed by atoms with Crippen molar-refractivity contribution in [2.45, 2.75) is 31.7 Å². The summed E-state index contributed by atoms with van der Waals surface area (Å²) in [5, 5.41) is 0. The molecule has 0 saturated carbocycles. The van der Waals surface area contributed by atoms with Gasteiger partial charge in [0, 0.05) is 38.3 Å². The van der Waals surface area contributed by atoms with Gasteiger partial charge in [-0.3, -0.25) is 0 Å². The largest absolute Gasteiger partial charge is 0.356 e. The van der Waals surface area contributed by atoms with Crippen LogP contribution < -0.4 is 15.5 Å². The minimum absolute atomic E-state index is 0.281. The summed E-state index contributed by atoms with van der Waals surface area (Å²) in [4.78, 5) is 13.4. The monoisotopic (exact) mass is 247 g/mol. The van der Waals surface area contributed by atoms with E-state index in [1.165, 1.54) is 12.8 Å². The summed E-state index contributed by atoms with van der Waals surface area (Å²) in [6.45, 7) is 4.21. The van der Waals surface area contributed by atoms with Crippen molar-refractivity contribution in [1.29, 1.82) is 0 Å². The molecular weight excluding hydrogens is 226 g/mol. The summed E-state index contributed by atoms with van der Waals surface area (Å²) in [6.07, 6.45) is 6.51. The van der Waals surface area contributed by atoms with Crippen molar-refractivity contribution in [3.8, 4) is 0 Å². The van der Waals surface area contributed by atoms with Crippen LogP contribution in [0.15, 0.2) is 12.4 Å². The third-order valence-electron chi connectivity index (χ3n) is 3.85. The van der Waals surface area contributed by atoms with Crippen LogP contribution in [0.3, 0.4) is 0 Å². The van der Waals surface area contributed by atoms with Crippen molar-refractivity contribution in [3.63, 3.8) is 0 Å². The third kappa shape index (κ3) is 2.41. The lowest BCUT2D eigenvalue weighted by Gasteiger charge is -2.32. The minimum atomic E-state index is 0.281. The first-order valence-corrected chi connectivity index (χ1v) is 6.90. The molecule has 0 amide bonds. The van der Waals surface area contributed by atoms with Crippen molar-refractivity contribution in [2.24, 2.45) is 5.73 Å². The van der Waals surface area contributed by atoms with E-state index < -0.39 is 0 Å². The number of aromatic nitrogens is 2. The van der Waals surface area contributed by atoms with Gasteiger partial charge in [0.15, 0.2) is 0 Å². The number of hydrogen-bond acceptors (Lipinski definition) is 5. The number of nitrogens with two attached hydrogens (primary N) is 1. The highest BCUT2D eigenvalue weighted by molar-refractivity contribution is 5.50. The zero-order chi connectivity index (χ0) is 12.4. The van der Waals surface area contributed by atoms with Crippen LogP contribution in [0, 0.1) is 0 Å². The molecule has 1 aromatic rings. The first-order valence-electron chi connectivity index (χ1n) is 6.90. The Hall–Kier alpha value is -1.36. The molecular formula is C13H21N5. The van der Waals surface area contributed by atoms with E-state index in [1.54, 1.807) is 6.33 Å². The van der Waals surface area contributed by atoms with Crippen molar-refractivity contribution >= 4 is 11.6 Å². The van der Waals surface area contributed by atoms with Crippen molar-refractivity contribution in [3.05, 3.63) is 12.4 Å². The highest BCUT2D eigenvalue weighted by Crippen LogP contribution is 2.23. The van der Waals surface area contributed by atoms with Crippen molar-refractivity contribution in [1.82, 2.24) is 9.97 Å². The van der Waals surface area contributed by atoms with Crippen molar-refractivity contribution < 1.29 is 0 Å². The molecule has 3 rings (SSSR count). The van der Waals surface area contributed by atoms with Gasteiger partial charge in [0.25, 0.3) is 0 Å². The number of piperidine rings is 1. The molecule has 5 heteroatoms. The lowest BCUT2D eigenvalue weighted by Crippen LogP contribution is -2.43. The molecule has 3 heterocycles. The van der Waals surface area contributed by atoms with Crippen LogP contribution in [0.25, 0.3) is 0 Å². The zero-order valence-electron chi connectivity index (χ0n) is 10.8. The second kappa shape index (κ2) is 5.10. The number of rotatable bonds is 2. The number of hydrogen-bond donors (Lipinski definition) is 1. The molecule has 2 aliphatic heterocycles. The molecule has 1 atom stereocenters.